The zero-order chi connectivity index (χ0) is 8.97. The lowest BCUT2D eigenvalue weighted by atomic mass is 10.3. The minimum Gasteiger partial charge on any atom is -0.432 e. The van der Waals surface area contributed by atoms with Crippen LogP contribution < -0.4 is 11.1 Å². The van der Waals surface area contributed by atoms with Gasteiger partial charge in [0.15, 0.2) is 0 Å². The van der Waals surface area contributed by atoms with Gasteiger partial charge in [-0.1, -0.05) is 0 Å². The van der Waals surface area contributed by atoms with Crippen molar-refractivity contribution >= 4 is 11.9 Å². The molecular weight excluding hydrogens is 158 g/mol. The highest BCUT2D eigenvalue weighted by molar-refractivity contribution is 5.86. The van der Waals surface area contributed by atoms with Crippen molar-refractivity contribution in [1.29, 1.82) is 0 Å². The number of carbonyl (C=O) groups is 1. The monoisotopic (exact) mass is 169 g/mol. The maximum Gasteiger partial charge on any atom is 0.301 e. The fraction of sp³-hybridized carbons (Fsp3) is 0.429. The summed E-state index contributed by atoms with van der Waals surface area (Å²) >= 11 is 0. The lowest BCUT2D eigenvalue weighted by Crippen LogP contribution is -2.06. The Morgan fingerprint density at radius 2 is 2.58 bits per heavy atom. The Morgan fingerprint density at radius 1 is 1.83 bits per heavy atom. The van der Waals surface area contributed by atoms with E-state index in [1.165, 1.54) is 13.2 Å². The minimum atomic E-state index is -0.198. The van der Waals surface area contributed by atoms with E-state index in [-0.39, 0.29) is 11.9 Å². The van der Waals surface area contributed by atoms with Gasteiger partial charge < -0.3 is 10.2 Å². The Morgan fingerprint density at radius 3 is 3.17 bits per heavy atom. The van der Waals surface area contributed by atoms with Gasteiger partial charge in [0.2, 0.25) is 5.91 Å². The molecule has 0 aromatic carbocycles. The number of aromatic nitrogens is 1. The molecule has 0 saturated heterocycles. The smallest absolute Gasteiger partial charge is 0.301 e. The van der Waals surface area contributed by atoms with Crippen LogP contribution in [0, 0.1) is 0 Å². The maximum absolute atomic E-state index is 10.5. The van der Waals surface area contributed by atoms with E-state index in [0.29, 0.717) is 13.0 Å². The van der Waals surface area contributed by atoms with Crippen LogP contribution in [0.3, 0.4) is 0 Å². The van der Waals surface area contributed by atoms with Crippen molar-refractivity contribution in [3.63, 3.8) is 0 Å². The number of hydrogen-bond acceptors (Lipinski definition) is 4. The number of amides is 1. The molecule has 1 heterocycles. The largest absolute Gasteiger partial charge is 0.432 e. The van der Waals surface area contributed by atoms with E-state index in [2.05, 4.69) is 10.3 Å². The van der Waals surface area contributed by atoms with Gasteiger partial charge >= 0.3 is 6.01 Å². The predicted molar refractivity (Wildman–Crippen MR) is 43.6 cm³/mol. The first-order chi connectivity index (χ1) is 5.72. The number of nitrogens with two attached hydrogens (primary N) is 1. The molecule has 1 amide bonds. The molecule has 12 heavy (non-hydrogen) atoms. The fourth-order valence-corrected chi connectivity index (χ4v) is 0.778. The van der Waals surface area contributed by atoms with Gasteiger partial charge in [-0.2, -0.15) is 4.98 Å². The molecule has 0 aliphatic heterocycles. The third-order valence-corrected chi connectivity index (χ3v) is 1.24. The van der Waals surface area contributed by atoms with Crippen LogP contribution in [0.2, 0.25) is 0 Å². The van der Waals surface area contributed by atoms with Gasteiger partial charge in [0.25, 0.3) is 0 Å². The minimum absolute atomic E-state index is 0.198. The second-order valence-electron chi connectivity index (χ2n) is 2.36. The van der Waals surface area contributed by atoms with E-state index in [0.717, 1.165) is 5.69 Å². The van der Waals surface area contributed by atoms with E-state index >= 15 is 0 Å². The molecular formula is C7H11N3O2. The van der Waals surface area contributed by atoms with Gasteiger partial charge in [-0.15, -0.1) is 0 Å². The normalized spacial score (nSPS) is 9.83. The van der Waals surface area contributed by atoms with Crippen LogP contribution in [0.25, 0.3) is 0 Å². The summed E-state index contributed by atoms with van der Waals surface area (Å²) in [6, 6.07) is 0.228. The van der Waals surface area contributed by atoms with Crippen LogP contribution in [-0.4, -0.2) is 17.4 Å². The predicted octanol–water partition coefficient (Wildman–Crippen LogP) is 0.134. The van der Waals surface area contributed by atoms with Crippen LogP contribution >= 0.6 is 0 Å². The third kappa shape index (κ3) is 2.35. The van der Waals surface area contributed by atoms with E-state index in [1.54, 1.807) is 0 Å². The number of carbonyl (C=O) groups excluding carboxylic acids is 1. The van der Waals surface area contributed by atoms with E-state index in [4.69, 9.17) is 10.2 Å². The number of nitrogens with one attached hydrogen (secondary N) is 1. The molecule has 0 fully saturated rings. The van der Waals surface area contributed by atoms with Gasteiger partial charge in [-0.3, -0.25) is 10.1 Å². The van der Waals surface area contributed by atoms with Gasteiger partial charge in [-0.25, -0.2) is 0 Å². The maximum atomic E-state index is 10.5. The SMILES string of the molecule is CC(=O)Nc1nc(CCN)co1. The average Bonchev–Trinajstić information content (AvgIpc) is 2.36. The van der Waals surface area contributed by atoms with Crippen molar-refractivity contribution in [2.24, 2.45) is 5.73 Å². The molecule has 0 saturated carbocycles. The van der Waals surface area contributed by atoms with Crippen molar-refractivity contribution in [2.75, 3.05) is 11.9 Å². The highest BCUT2D eigenvalue weighted by atomic mass is 16.4. The van der Waals surface area contributed by atoms with Crippen molar-refractivity contribution in [2.45, 2.75) is 13.3 Å². The van der Waals surface area contributed by atoms with Gasteiger partial charge in [-0.05, 0) is 6.54 Å². The van der Waals surface area contributed by atoms with Gasteiger partial charge in [0.05, 0.1) is 5.69 Å². The Balaban J connectivity index is 2.58. The summed E-state index contributed by atoms with van der Waals surface area (Å²) in [6.07, 6.45) is 2.14. The molecule has 0 unspecified atom stereocenters. The first-order valence-electron chi connectivity index (χ1n) is 3.64. The van der Waals surface area contributed by atoms with Crippen LogP contribution in [0.1, 0.15) is 12.6 Å². The molecule has 66 valence electrons. The summed E-state index contributed by atoms with van der Waals surface area (Å²) < 4.78 is 4.93. The van der Waals surface area contributed by atoms with Crippen molar-refractivity contribution in [1.82, 2.24) is 4.98 Å². The average molecular weight is 169 g/mol. The molecule has 1 aromatic heterocycles. The highest BCUT2D eigenvalue weighted by Crippen LogP contribution is 2.06. The van der Waals surface area contributed by atoms with Crippen molar-refractivity contribution < 1.29 is 9.21 Å². The van der Waals surface area contributed by atoms with E-state index < -0.39 is 0 Å². The topological polar surface area (TPSA) is 81.2 Å². The molecule has 0 spiro atoms. The second-order valence-corrected chi connectivity index (χ2v) is 2.36. The summed E-state index contributed by atoms with van der Waals surface area (Å²) in [5.41, 5.74) is 6.05. The number of rotatable bonds is 3. The van der Waals surface area contributed by atoms with Crippen molar-refractivity contribution in [3.8, 4) is 0 Å². The lowest BCUT2D eigenvalue weighted by molar-refractivity contribution is -0.114. The molecule has 5 heteroatoms. The van der Waals surface area contributed by atoms with Gasteiger partial charge in [0.1, 0.15) is 6.26 Å². The van der Waals surface area contributed by atoms with E-state index in [9.17, 15) is 4.79 Å². The van der Waals surface area contributed by atoms with Crippen LogP contribution in [0.5, 0.6) is 0 Å². The Bertz CT molecular complexity index is 269. The number of hydrogen-bond donors (Lipinski definition) is 2. The second kappa shape index (κ2) is 3.87. The number of oxazole rings is 1. The molecule has 5 nitrogen and oxygen atoms in total. The quantitative estimate of drug-likeness (QED) is 0.674. The Labute approximate surface area is 70.0 Å². The van der Waals surface area contributed by atoms with Crippen LogP contribution in [0.4, 0.5) is 6.01 Å². The Kier molecular flexibility index (Phi) is 2.82. The molecule has 0 aliphatic carbocycles. The fourth-order valence-electron chi connectivity index (χ4n) is 0.778. The summed E-state index contributed by atoms with van der Waals surface area (Å²) in [7, 11) is 0. The molecule has 0 bridgehead atoms. The summed E-state index contributed by atoms with van der Waals surface area (Å²) in [4.78, 5) is 14.5. The number of nitrogens with zero attached hydrogens (tertiary/aromatic N) is 1. The molecule has 0 atom stereocenters. The molecule has 1 rings (SSSR count). The standard InChI is InChI=1S/C7H11N3O2/c1-5(11)9-7-10-6(2-3-8)4-12-7/h4H,2-3,8H2,1H3,(H,9,10,11). The lowest BCUT2D eigenvalue weighted by Gasteiger charge is -1.91. The molecule has 0 radical (unpaired) electrons. The zero-order valence-corrected chi connectivity index (χ0v) is 6.83. The number of anilines is 1. The molecule has 0 aliphatic rings. The molecule has 3 N–H and O–H groups in total. The summed E-state index contributed by atoms with van der Waals surface area (Å²) in [5, 5.41) is 2.43. The first-order valence-corrected chi connectivity index (χ1v) is 3.64. The summed E-state index contributed by atoms with van der Waals surface area (Å²) in [5.74, 6) is -0.198. The summed E-state index contributed by atoms with van der Waals surface area (Å²) in [6.45, 7) is 1.92. The highest BCUT2D eigenvalue weighted by Gasteiger charge is 2.03. The zero-order valence-electron chi connectivity index (χ0n) is 6.83. The Hall–Kier alpha value is -1.36. The van der Waals surface area contributed by atoms with Crippen molar-refractivity contribution in [3.05, 3.63) is 12.0 Å². The third-order valence-electron chi connectivity index (χ3n) is 1.24. The first kappa shape index (κ1) is 8.73. The van der Waals surface area contributed by atoms with Crippen LogP contribution in [-0.2, 0) is 11.2 Å². The van der Waals surface area contributed by atoms with Gasteiger partial charge in [0, 0.05) is 13.3 Å². The molecule has 1 aromatic rings. The van der Waals surface area contributed by atoms with Crippen LogP contribution in [0.15, 0.2) is 10.7 Å². The van der Waals surface area contributed by atoms with E-state index in [1.807, 2.05) is 0 Å².